The summed E-state index contributed by atoms with van der Waals surface area (Å²) in [6, 6.07) is 6.58. The van der Waals surface area contributed by atoms with Gasteiger partial charge in [0.2, 0.25) is 0 Å². The average Bonchev–Trinajstić information content (AvgIpc) is 2.75. The fourth-order valence-electron chi connectivity index (χ4n) is 2.80. The number of para-hydroxylation sites is 1. The molecule has 1 aliphatic rings. The summed E-state index contributed by atoms with van der Waals surface area (Å²) in [5, 5.41) is 4.85. The van der Waals surface area contributed by atoms with Crippen molar-refractivity contribution in [2.45, 2.75) is 25.7 Å². The number of aromatic amines is 1. The van der Waals surface area contributed by atoms with Gasteiger partial charge in [-0.05, 0) is 49.9 Å². The maximum Gasteiger partial charge on any atom is 0.0486 e. The van der Waals surface area contributed by atoms with Gasteiger partial charge in [0, 0.05) is 17.1 Å². The molecule has 1 aliphatic heterocycles. The first kappa shape index (κ1) is 9.91. The zero-order valence-electron chi connectivity index (χ0n) is 9.72. The summed E-state index contributed by atoms with van der Waals surface area (Å²) in [5.74, 6) is 0.733. The molecule has 0 atom stereocenters. The Bertz CT molecular complexity index is 492. The summed E-state index contributed by atoms with van der Waals surface area (Å²) in [6.07, 6.45) is 4.75. The number of H-pyrrole nitrogens is 1. The van der Waals surface area contributed by atoms with Crippen LogP contribution in [0.1, 0.15) is 29.9 Å². The molecule has 0 amide bonds. The maximum atomic E-state index is 3.43. The van der Waals surface area contributed by atoms with E-state index in [1.165, 1.54) is 34.9 Å². The lowest BCUT2D eigenvalue weighted by Gasteiger charge is -2.22. The molecule has 1 fully saturated rings. The molecule has 1 saturated heterocycles. The largest absolute Gasteiger partial charge is 0.361 e. The van der Waals surface area contributed by atoms with E-state index in [9.17, 15) is 0 Å². The van der Waals surface area contributed by atoms with Crippen LogP contribution in [0.4, 0.5) is 0 Å². The minimum atomic E-state index is 0.733. The van der Waals surface area contributed by atoms with Crippen molar-refractivity contribution in [1.29, 1.82) is 0 Å². The van der Waals surface area contributed by atoms with Crippen molar-refractivity contribution in [3.05, 3.63) is 35.5 Å². The number of fused-ring (bicyclic) bond motifs is 1. The number of rotatable bonds is 1. The van der Waals surface area contributed by atoms with Gasteiger partial charge in [-0.2, -0.15) is 0 Å². The SMILES string of the molecule is Cc1cccc2c(C3CCNCC3)c[nH]c12. The number of aromatic nitrogens is 1. The summed E-state index contributed by atoms with van der Waals surface area (Å²) in [4.78, 5) is 3.43. The van der Waals surface area contributed by atoms with Crippen molar-refractivity contribution in [1.82, 2.24) is 10.3 Å². The highest BCUT2D eigenvalue weighted by Gasteiger charge is 2.18. The van der Waals surface area contributed by atoms with Gasteiger partial charge in [-0.25, -0.2) is 0 Å². The smallest absolute Gasteiger partial charge is 0.0486 e. The Kier molecular flexibility index (Phi) is 2.44. The van der Waals surface area contributed by atoms with E-state index in [-0.39, 0.29) is 0 Å². The van der Waals surface area contributed by atoms with Crippen LogP contribution >= 0.6 is 0 Å². The van der Waals surface area contributed by atoms with Crippen LogP contribution in [0.25, 0.3) is 10.9 Å². The highest BCUT2D eigenvalue weighted by atomic mass is 14.9. The third-order valence-corrected chi connectivity index (χ3v) is 3.73. The molecule has 2 N–H and O–H groups in total. The molecule has 0 bridgehead atoms. The molecule has 0 saturated carbocycles. The second-order valence-corrected chi connectivity index (χ2v) is 4.77. The quantitative estimate of drug-likeness (QED) is 0.750. The van der Waals surface area contributed by atoms with Gasteiger partial charge in [0.25, 0.3) is 0 Å². The van der Waals surface area contributed by atoms with Crippen molar-refractivity contribution in [2.75, 3.05) is 13.1 Å². The van der Waals surface area contributed by atoms with Crippen LogP contribution < -0.4 is 5.32 Å². The molecule has 0 spiro atoms. The third kappa shape index (κ3) is 1.54. The number of benzene rings is 1. The standard InChI is InChI=1S/C14H18N2/c1-10-3-2-4-12-13(9-16-14(10)12)11-5-7-15-8-6-11/h2-4,9,11,15-16H,5-8H2,1H3. The van der Waals surface area contributed by atoms with E-state index < -0.39 is 0 Å². The second-order valence-electron chi connectivity index (χ2n) is 4.77. The van der Waals surface area contributed by atoms with Gasteiger partial charge >= 0.3 is 0 Å². The zero-order valence-corrected chi connectivity index (χ0v) is 9.72. The molecule has 1 aromatic heterocycles. The first-order valence-electron chi connectivity index (χ1n) is 6.13. The number of hydrogen-bond donors (Lipinski definition) is 2. The summed E-state index contributed by atoms with van der Waals surface area (Å²) >= 11 is 0. The molecule has 0 unspecified atom stereocenters. The highest BCUT2D eigenvalue weighted by Crippen LogP contribution is 2.32. The van der Waals surface area contributed by atoms with Crippen LogP contribution in [0, 0.1) is 6.92 Å². The predicted molar refractivity (Wildman–Crippen MR) is 67.9 cm³/mol. The van der Waals surface area contributed by atoms with E-state index in [1.807, 2.05) is 0 Å². The van der Waals surface area contributed by atoms with Gasteiger partial charge in [0.1, 0.15) is 0 Å². The molecule has 2 nitrogen and oxygen atoms in total. The van der Waals surface area contributed by atoms with Gasteiger partial charge in [-0.3, -0.25) is 0 Å². The van der Waals surface area contributed by atoms with E-state index in [4.69, 9.17) is 0 Å². The molecule has 2 heteroatoms. The number of hydrogen-bond acceptors (Lipinski definition) is 1. The zero-order chi connectivity index (χ0) is 11.0. The number of piperidine rings is 1. The van der Waals surface area contributed by atoms with E-state index in [0.29, 0.717) is 0 Å². The van der Waals surface area contributed by atoms with Gasteiger partial charge in [0.15, 0.2) is 0 Å². The Balaban J connectivity index is 2.06. The lowest BCUT2D eigenvalue weighted by molar-refractivity contribution is 0.462. The van der Waals surface area contributed by atoms with Crippen molar-refractivity contribution in [2.24, 2.45) is 0 Å². The minimum Gasteiger partial charge on any atom is -0.361 e. The van der Waals surface area contributed by atoms with Gasteiger partial charge in [-0.1, -0.05) is 18.2 Å². The Labute approximate surface area is 96.1 Å². The maximum absolute atomic E-state index is 3.43. The van der Waals surface area contributed by atoms with Crippen LogP contribution in [0.3, 0.4) is 0 Å². The third-order valence-electron chi connectivity index (χ3n) is 3.73. The van der Waals surface area contributed by atoms with Crippen molar-refractivity contribution in [3.8, 4) is 0 Å². The summed E-state index contributed by atoms with van der Waals surface area (Å²) in [7, 11) is 0. The normalized spacial score (nSPS) is 18.1. The molecule has 0 radical (unpaired) electrons. The Morgan fingerprint density at radius 2 is 2.00 bits per heavy atom. The van der Waals surface area contributed by atoms with E-state index in [0.717, 1.165) is 19.0 Å². The highest BCUT2D eigenvalue weighted by molar-refractivity contribution is 5.86. The van der Waals surface area contributed by atoms with Gasteiger partial charge in [-0.15, -0.1) is 0 Å². The molecule has 3 rings (SSSR count). The van der Waals surface area contributed by atoms with Crippen molar-refractivity contribution >= 4 is 10.9 Å². The summed E-state index contributed by atoms with van der Waals surface area (Å²) < 4.78 is 0. The van der Waals surface area contributed by atoms with Crippen LogP contribution in [0.5, 0.6) is 0 Å². The van der Waals surface area contributed by atoms with E-state index >= 15 is 0 Å². The van der Waals surface area contributed by atoms with Crippen LogP contribution in [0.2, 0.25) is 0 Å². The predicted octanol–water partition coefficient (Wildman–Crippen LogP) is 2.94. The number of aryl methyl sites for hydroxylation is 1. The second kappa shape index (κ2) is 3.95. The molecule has 2 aromatic rings. The molecule has 1 aromatic carbocycles. The van der Waals surface area contributed by atoms with Crippen LogP contribution in [0.15, 0.2) is 24.4 Å². The summed E-state index contributed by atoms with van der Waals surface area (Å²) in [6.45, 7) is 4.48. The first-order chi connectivity index (χ1) is 7.86. The topological polar surface area (TPSA) is 27.8 Å². The van der Waals surface area contributed by atoms with Crippen molar-refractivity contribution in [3.63, 3.8) is 0 Å². The lowest BCUT2D eigenvalue weighted by atomic mass is 9.90. The van der Waals surface area contributed by atoms with Crippen LogP contribution in [-0.4, -0.2) is 18.1 Å². The van der Waals surface area contributed by atoms with Gasteiger partial charge < -0.3 is 10.3 Å². The lowest BCUT2D eigenvalue weighted by Crippen LogP contribution is -2.26. The van der Waals surface area contributed by atoms with Crippen molar-refractivity contribution < 1.29 is 0 Å². The fraction of sp³-hybridized carbons (Fsp3) is 0.429. The Morgan fingerprint density at radius 3 is 2.81 bits per heavy atom. The van der Waals surface area contributed by atoms with Gasteiger partial charge in [0.05, 0.1) is 0 Å². The van der Waals surface area contributed by atoms with E-state index in [1.54, 1.807) is 0 Å². The Hall–Kier alpha value is -1.28. The van der Waals surface area contributed by atoms with Crippen LogP contribution in [-0.2, 0) is 0 Å². The molecular weight excluding hydrogens is 196 g/mol. The molecule has 2 heterocycles. The minimum absolute atomic E-state index is 0.733. The molecular formula is C14H18N2. The average molecular weight is 214 g/mol. The monoisotopic (exact) mass is 214 g/mol. The van der Waals surface area contributed by atoms with E-state index in [2.05, 4.69) is 41.6 Å². The molecule has 16 heavy (non-hydrogen) atoms. The fourth-order valence-corrected chi connectivity index (χ4v) is 2.80. The molecule has 0 aliphatic carbocycles. The first-order valence-corrected chi connectivity index (χ1v) is 6.13. The Morgan fingerprint density at radius 1 is 1.19 bits per heavy atom. The number of nitrogens with one attached hydrogen (secondary N) is 2. The molecule has 84 valence electrons. The summed E-state index contributed by atoms with van der Waals surface area (Å²) in [5.41, 5.74) is 4.17.